The third kappa shape index (κ3) is 4.88. The molecule has 0 bridgehead atoms. The lowest BCUT2D eigenvalue weighted by Gasteiger charge is -2.09. The third-order valence-electron chi connectivity index (χ3n) is 3.15. The molecule has 0 saturated carbocycles. The highest BCUT2D eigenvalue weighted by atomic mass is 32.3. The number of carboxylic acid groups (broad SMARTS) is 2. The zero-order chi connectivity index (χ0) is 19.5. The van der Waals surface area contributed by atoms with Crippen molar-refractivity contribution in [3.05, 3.63) is 65.2 Å². The molecule has 11 heteroatoms. The Hall–Kier alpha value is -2.76. The van der Waals surface area contributed by atoms with Crippen LogP contribution in [-0.4, -0.2) is 39.0 Å². The van der Waals surface area contributed by atoms with Crippen LogP contribution in [-0.2, 0) is 25.8 Å². The molecule has 2 rings (SSSR count). The van der Waals surface area contributed by atoms with E-state index in [1.165, 1.54) is 16.3 Å². The topological polar surface area (TPSA) is 155 Å². The first-order chi connectivity index (χ1) is 12.0. The second-order valence-electron chi connectivity index (χ2n) is 5.19. The standard InChI is InChI=1S/C15H13NO8S2/c17-14(18)11-6-12(15(19)20)8-13(7-11)26(23,24)16-25(21,22)9-10-4-2-1-3-5-10/h1-8,16H,9H2,(H,17,18)(H,19,20). The number of hydrogen-bond acceptors (Lipinski definition) is 6. The van der Waals surface area contributed by atoms with Crippen molar-refractivity contribution in [3.8, 4) is 0 Å². The molecule has 0 radical (unpaired) electrons. The van der Waals surface area contributed by atoms with Crippen molar-refractivity contribution in [2.24, 2.45) is 0 Å². The summed E-state index contributed by atoms with van der Waals surface area (Å²) in [5.74, 6) is -3.74. The molecule has 0 heterocycles. The van der Waals surface area contributed by atoms with E-state index in [9.17, 15) is 26.4 Å². The smallest absolute Gasteiger partial charge is 0.335 e. The first-order valence-electron chi connectivity index (χ1n) is 6.92. The monoisotopic (exact) mass is 399 g/mol. The number of carboxylic acids is 2. The number of carbonyl (C=O) groups is 2. The van der Waals surface area contributed by atoms with Gasteiger partial charge in [-0.2, -0.15) is 0 Å². The van der Waals surface area contributed by atoms with E-state index in [1.54, 1.807) is 18.2 Å². The maximum Gasteiger partial charge on any atom is 0.335 e. The molecule has 0 atom stereocenters. The van der Waals surface area contributed by atoms with E-state index in [0.29, 0.717) is 17.7 Å². The van der Waals surface area contributed by atoms with Crippen molar-refractivity contribution in [1.82, 2.24) is 4.13 Å². The summed E-state index contributed by atoms with van der Waals surface area (Å²) < 4.78 is 50.3. The van der Waals surface area contributed by atoms with Crippen LogP contribution in [0, 0.1) is 0 Å². The van der Waals surface area contributed by atoms with Crippen molar-refractivity contribution >= 4 is 32.0 Å². The molecule has 0 spiro atoms. The lowest BCUT2D eigenvalue weighted by Crippen LogP contribution is -2.32. The van der Waals surface area contributed by atoms with Crippen molar-refractivity contribution in [1.29, 1.82) is 0 Å². The van der Waals surface area contributed by atoms with Gasteiger partial charge in [0, 0.05) is 0 Å². The molecule has 0 amide bonds. The Morgan fingerprint density at radius 2 is 1.35 bits per heavy atom. The first kappa shape index (κ1) is 19.6. The van der Waals surface area contributed by atoms with Crippen LogP contribution in [0.5, 0.6) is 0 Å². The van der Waals surface area contributed by atoms with Crippen LogP contribution in [0.4, 0.5) is 0 Å². The molecule has 26 heavy (non-hydrogen) atoms. The van der Waals surface area contributed by atoms with Crippen molar-refractivity contribution in [2.45, 2.75) is 10.6 Å². The molecule has 2 aromatic rings. The number of aromatic carboxylic acids is 2. The van der Waals surface area contributed by atoms with Crippen LogP contribution in [0.1, 0.15) is 26.3 Å². The summed E-state index contributed by atoms with van der Waals surface area (Å²) in [6.45, 7) is 0. The van der Waals surface area contributed by atoms with E-state index in [0.717, 1.165) is 6.07 Å². The SMILES string of the molecule is O=C(O)c1cc(C(=O)O)cc(S(=O)(=O)NS(=O)(=O)Cc2ccccc2)c1. The predicted octanol–water partition coefficient (Wildman–Crippen LogP) is 0.891. The molecule has 0 unspecified atom stereocenters. The number of hydrogen-bond donors (Lipinski definition) is 3. The summed E-state index contributed by atoms with van der Waals surface area (Å²) in [4.78, 5) is 21.3. The maximum atomic E-state index is 12.3. The molecule has 138 valence electrons. The van der Waals surface area contributed by atoms with Gasteiger partial charge >= 0.3 is 11.9 Å². The molecule has 0 aliphatic heterocycles. The second-order valence-corrected chi connectivity index (χ2v) is 8.85. The third-order valence-corrected chi connectivity index (χ3v) is 6.61. The molecule has 2 aromatic carbocycles. The fourth-order valence-electron chi connectivity index (χ4n) is 2.04. The Morgan fingerprint density at radius 3 is 1.81 bits per heavy atom. The molecule has 9 nitrogen and oxygen atoms in total. The van der Waals surface area contributed by atoms with Gasteiger partial charge < -0.3 is 10.2 Å². The quantitative estimate of drug-likeness (QED) is 0.620. The Bertz CT molecular complexity index is 1030. The minimum atomic E-state index is -4.71. The highest BCUT2D eigenvalue weighted by Gasteiger charge is 2.25. The molecular formula is C15H13NO8S2. The highest BCUT2D eigenvalue weighted by molar-refractivity contribution is 8.04. The summed E-state index contributed by atoms with van der Waals surface area (Å²) in [6, 6.07) is 9.90. The minimum absolute atomic E-state index is 0.334. The summed E-state index contributed by atoms with van der Waals surface area (Å²) in [5.41, 5.74) is -0.878. The van der Waals surface area contributed by atoms with E-state index in [4.69, 9.17) is 10.2 Å². The lowest BCUT2D eigenvalue weighted by molar-refractivity contribution is 0.0696. The zero-order valence-corrected chi connectivity index (χ0v) is 14.6. The maximum absolute atomic E-state index is 12.3. The van der Waals surface area contributed by atoms with Gasteiger partial charge in [-0.25, -0.2) is 26.4 Å². The van der Waals surface area contributed by atoms with Gasteiger partial charge in [0.2, 0.25) is 10.0 Å². The van der Waals surface area contributed by atoms with Crippen molar-refractivity contribution in [2.75, 3.05) is 0 Å². The largest absolute Gasteiger partial charge is 0.478 e. The van der Waals surface area contributed by atoms with E-state index >= 15 is 0 Å². The summed E-state index contributed by atoms with van der Waals surface area (Å²) in [7, 11) is -9.05. The second kappa shape index (κ2) is 7.23. The number of nitrogens with one attached hydrogen (secondary N) is 1. The van der Waals surface area contributed by atoms with Gasteiger partial charge in [0.05, 0.1) is 21.8 Å². The molecule has 0 aromatic heterocycles. The Balaban J connectivity index is 2.40. The first-order valence-corrected chi connectivity index (χ1v) is 10.1. The lowest BCUT2D eigenvalue weighted by atomic mass is 10.1. The Kier molecular flexibility index (Phi) is 5.44. The van der Waals surface area contributed by atoms with E-state index < -0.39 is 53.8 Å². The molecule has 0 aliphatic rings. The van der Waals surface area contributed by atoms with Gasteiger partial charge in [-0.1, -0.05) is 30.3 Å². The Labute approximate surface area is 149 Å². The fraction of sp³-hybridized carbons (Fsp3) is 0.0667. The highest BCUT2D eigenvalue weighted by Crippen LogP contribution is 2.17. The normalized spacial score (nSPS) is 11.8. The average Bonchev–Trinajstić information content (AvgIpc) is 2.53. The predicted molar refractivity (Wildman–Crippen MR) is 89.7 cm³/mol. The molecule has 0 aliphatic carbocycles. The number of sulfonamides is 2. The molecule has 3 N–H and O–H groups in total. The van der Waals surface area contributed by atoms with Gasteiger partial charge in [0.15, 0.2) is 0 Å². The van der Waals surface area contributed by atoms with E-state index in [-0.39, 0.29) is 0 Å². The molecule has 0 saturated heterocycles. The summed E-state index contributed by atoms with van der Waals surface area (Å²) in [5, 5.41) is 18.0. The van der Waals surface area contributed by atoms with Crippen LogP contribution in [0.15, 0.2) is 53.4 Å². The van der Waals surface area contributed by atoms with Crippen LogP contribution < -0.4 is 4.13 Å². The van der Waals surface area contributed by atoms with Crippen LogP contribution in [0.25, 0.3) is 0 Å². The number of benzene rings is 2. The van der Waals surface area contributed by atoms with Crippen LogP contribution >= 0.6 is 0 Å². The van der Waals surface area contributed by atoms with Crippen molar-refractivity contribution < 1.29 is 36.6 Å². The molecular weight excluding hydrogens is 386 g/mol. The van der Waals surface area contributed by atoms with E-state index in [2.05, 4.69) is 0 Å². The fourth-order valence-corrected chi connectivity index (χ4v) is 5.19. The molecule has 0 fully saturated rings. The van der Waals surface area contributed by atoms with Gasteiger partial charge in [-0.15, -0.1) is 4.13 Å². The van der Waals surface area contributed by atoms with Gasteiger partial charge in [-0.3, -0.25) is 0 Å². The van der Waals surface area contributed by atoms with E-state index in [1.807, 2.05) is 0 Å². The van der Waals surface area contributed by atoms with Crippen LogP contribution in [0.3, 0.4) is 0 Å². The Morgan fingerprint density at radius 1 is 0.846 bits per heavy atom. The number of rotatable bonds is 7. The summed E-state index contributed by atoms with van der Waals surface area (Å²) in [6.07, 6.45) is 0. The van der Waals surface area contributed by atoms with Crippen molar-refractivity contribution in [3.63, 3.8) is 0 Å². The van der Waals surface area contributed by atoms with Gasteiger partial charge in [-0.05, 0) is 23.8 Å². The minimum Gasteiger partial charge on any atom is -0.478 e. The van der Waals surface area contributed by atoms with Crippen LogP contribution in [0.2, 0.25) is 0 Å². The van der Waals surface area contributed by atoms with Gasteiger partial charge in [0.1, 0.15) is 0 Å². The average molecular weight is 399 g/mol. The summed E-state index contributed by atoms with van der Waals surface area (Å²) >= 11 is 0. The van der Waals surface area contributed by atoms with Gasteiger partial charge in [0.25, 0.3) is 10.0 Å². The zero-order valence-electron chi connectivity index (χ0n) is 13.0.